The van der Waals surface area contributed by atoms with Crippen molar-refractivity contribution in [3.05, 3.63) is 0 Å². The minimum absolute atomic E-state index is 0.0228. The van der Waals surface area contributed by atoms with Gasteiger partial charge in [0.1, 0.15) is 6.04 Å². The molecule has 0 saturated heterocycles. The maximum absolute atomic E-state index is 12.5. The molecule has 106 valence electrons. The van der Waals surface area contributed by atoms with Gasteiger partial charge in [-0.1, -0.05) is 13.8 Å². The van der Waals surface area contributed by atoms with Crippen LogP contribution in [0.4, 0.5) is 13.2 Å². The molecule has 8 heteroatoms. The number of halogens is 3. The lowest BCUT2D eigenvalue weighted by Gasteiger charge is -2.28. The summed E-state index contributed by atoms with van der Waals surface area (Å²) in [7, 11) is 0. The van der Waals surface area contributed by atoms with Gasteiger partial charge in [-0.25, -0.2) is 4.79 Å². The van der Waals surface area contributed by atoms with Crippen molar-refractivity contribution >= 4 is 11.9 Å². The predicted molar refractivity (Wildman–Crippen MR) is 57.7 cm³/mol. The maximum Gasteiger partial charge on any atom is 0.415 e. The molecule has 2 atom stereocenters. The minimum Gasteiger partial charge on any atom is -0.480 e. The quantitative estimate of drug-likeness (QED) is 0.691. The zero-order valence-electron chi connectivity index (χ0n) is 10.3. The summed E-state index contributed by atoms with van der Waals surface area (Å²) in [5, 5.41) is 10.6. The second kappa shape index (κ2) is 5.55. The number of amides is 1. The lowest BCUT2D eigenvalue weighted by atomic mass is 9.99. The average Bonchev–Trinajstić information content (AvgIpc) is 2.13. The Balaban J connectivity index is 4.86. The van der Waals surface area contributed by atoms with E-state index in [1.54, 1.807) is 13.8 Å². The van der Waals surface area contributed by atoms with Crippen LogP contribution in [0.5, 0.6) is 0 Å². The zero-order chi connectivity index (χ0) is 14.7. The summed E-state index contributed by atoms with van der Waals surface area (Å²) in [6, 6.07) is -1.39. The van der Waals surface area contributed by atoms with E-state index in [2.05, 4.69) is 0 Å². The average molecular weight is 270 g/mol. The maximum atomic E-state index is 12.5. The molecule has 0 radical (unpaired) electrons. The number of carbonyl (C=O) groups is 2. The Labute approximate surface area is 103 Å². The molecule has 0 saturated carbocycles. The van der Waals surface area contributed by atoms with Crippen LogP contribution >= 0.6 is 0 Å². The van der Waals surface area contributed by atoms with Gasteiger partial charge in [-0.2, -0.15) is 13.2 Å². The highest BCUT2D eigenvalue weighted by atomic mass is 19.4. The standard InChI is InChI=1S/C10H17F3N2O3/c1-5(2)4-6(7(16)17)15-8(18)9(3,14)10(11,12)13/h5-6H,4,14H2,1-3H3,(H,15,18)(H,16,17)/t6-,9?/m0/s1. The predicted octanol–water partition coefficient (Wildman–Crippen LogP) is 0.882. The fourth-order valence-corrected chi connectivity index (χ4v) is 1.13. The zero-order valence-corrected chi connectivity index (χ0v) is 10.3. The largest absolute Gasteiger partial charge is 0.480 e. The van der Waals surface area contributed by atoms with Crippen molar-refractivity contribution in [2.75, 3.05) is 0 Å². The van der Waals surface area contributed by atoms with Gasteiger partial charge in [0.2, 0.25) is 5.91 Å². The molecule has 1 unspecified atom stereocenters. The fraction of sp³-hybridized carbons (Fsp3) is 0.800. The molecule has 18 heavy (non-hydrogen) atoms. The van der Waals surface area contributed by atoms with Crippen molar-refractivity contribution < 1.29 is 27.9 Å². The normalized spacial score (nSPS) is 17.1. The number of nitrogens with one attached hydrogen (secondary N) is 1. The molecule has 0 aliphatic heterocycles. The SMILES string of the molecule is CC(C)C[C@H](NC(=O)C(C)(N)C(F)(F)F)C(=O)O. The molecule has 0 aliphatic rings. The Hall–Kier alpha value is -1.31. The summed E-state index contributed by atoms with van der Waals surface area (Å²) in [6.07, 6.45) is -4.92. The molecule has 0 aliphatic carbocycles. The smallest absolute Gasteiger partial charge is 0.415 e. The van der Waals surface area contributed by atoms with Gasteiger partial charge < -0.3 is 16.2 Å². The van der Waals surface area contributed by atoms with E-state index in [9.17, 15) is 22.8 Å². The minimum atomic E-state index is -4.95. The molecule has 0 aromatic heterocycles. The third kappa shape index (κ3) is 4.17. The van der Waals surface area contributed by atoms with Gasteiger partial charge in [0, 0.05) is 0 Å². The van der Waals surface area contributed by atoms with E-state index < -0.39 is 29.6 Å². The van der Waals surface area contributed by atoms with Gasteiger partial charge in [0.25, 0.3) is 0 Å². The summed E-state index contributed by atoms with van der Waals surface area (Å²) in [6.45, 7) is 3.87. The van der Waals surface area contributed by atoms with E-state index in [0.717, 1.165) is 0 Å². The number of rotatable bonds is 5. The number of carbonyl (C=O) groups excluding carboxylic acids is 1. The summed E-state index contributed by atoms with van der Waals surface area (Å²) in [4.78, 5) is 22.2. The third-order valence-corrected chi connectivity index (χ3v) is 2.37. The van der Waals surface area contributed by atoms with Crippen molar-refractivity contribution in [2.24, 2.45) is 11.7 Å². The van der Waals surface area contributed by atoms with Crippen LogP contribution in [0.3, 0.4) is 0 Å². The monoisotopic (exact) mass is 270 g/mol. The van der Waals surface area contributed by atoms with Crippen LogP contribution in [0, 0.1) is 5.92 Å². The van der Waals surface area contributed by atoms with Crippen LogP contribution < -0.4 is 11.1 Å². The summed E-state index contributed by atoms with van der Waals surface area (Å²) < 4.78 is 37.4. The van der Waals surface area contributed by atoms with Gasteiger partial charge in [0.05, 0.1) is 0 Å². The molecule has 0 aromatic carbocycles. The number of carboxylic acid groups (broad SMARTS) is 1. The Bertz CT molecular complexity index is 327. The number of carboxylic acids is 1. The van der Waals surface area contributed by atoms with Crippen LogP contribution in [-0.2, 0) is 9.59 Å². The van der Waals surface area contributed by atoms with Gasteiger partial charge >= 0.3 is 12.1 Å². The second-order valence-electron chi connectivity index (χ2n) is 4.69. The number of nitrogens with two attached hydrogens (primary N) is 1. The number of aliphatic carboxylic acids is 1. The molecular formula is C10H17F3N2O3. The molecular weight excluding hydrogens is 253 g/mol. The van der Waals surface area contributed by atoms with Gasteiger partial charge in [-0.05, 0) is 19.3 Å². The van der Waals surface area contributed by atoms with Gasteiger partial charge in [0.15, 0.2) is 5.54 Å². The van der Waals surface area contributed by atoms with E-state index in [0.29, 0.717) is 6.92 Å². The Morgan fingerprint density at radius 2 is 1.78 bits per heavy atom. The topological polar surface area (TPSA) is 92.4 Å². The van der Waals surface area contributed by atoms with Crippen LogP contribution in [0.2, 0.25) is 0 Å². The Morgan fingerprint density at radius 1 is 1.33 bits per heavy atom. The van der Waals surface area contributed by atoms with E-state index in [1.807, 2.05) is 5.32 Å². The van der Waals surface area contributed by atoms with Crippen LogP contribution in [0.25, 0.3) is 0 Å². The van der Waals surface area contributed by atoms with Crippen LogP contribution in [0.15, 0.2) is 0 Å². The van der Waals surface area contributed by atoms with Gasteiger partial charge in [-0.15, -0.1) is 0 Å². The van der Waals surface area contributed by atoms with E-state index in [1.165, 1.54) is 0 Å². The number of hydrogen-bond donors (Lipinski definition) is 3. The Morgan fingerprint density at radius 3 is 2.06 bits per heavy atom. The highest BCUT2D eigenvalue weighted by molar-refractivity contribution is 5.90. The summed E-state index contributed by atoms with van der Waals surface area (Å²) >= 11 is 0. The number of alkyl halides is 3. The van der Waals surface area contributed by atoms with E-state index >= 15 is 0 Å². The molecule has 0 heterocycles. The van der Waals surface area contributed by atoms with Crippen LogP contribution in [-0.4, -0.2) is 34.7 Å². The van der Waals surface area contributed by atoms with E-state index in [4.69, 9.17) is 10.8 Å². The first-order chi connectivity index (χ1) is 7.89. The first-order valence-electron chi connectivity index (χ1n) is 5.29. The van der Waals surface area contributed by atoms with Crippen molar-refractivity contribution in [1.29, 1.82) is 0 Å². The van der Waals surface area contributed by atoms with Crippen molar-refractivity contribution in [2.45, 2.75) is 44.9 Å². The molecule has 0 aromatic rings. The fourth-order valence-electron chi connectivity index (χ4n) is 1.13. The number of hydrogen-bond acceptors (Lipinski definition) is 3. The lowest BCUT2D eigenvalue weighted by Crippen LogP contribution is -2.63. The summed E-state index contributed by atoms with van der Waals surface area (Å²) in [5.74, 6) is -3.04. The highest BCUT2D eigenvalue weighted by Crippen LogP contribution is 2.28. The molecule has 0 bridgehead atoms. The molecule has 0 rings (SSSR count). The van der Waals surface area contributed by atoms with Gasteiger partial charge in [-0.3, -0.25) is 4.79 Å². The summed E-state index contributed by atoms with van der Waals surface area (Å²) in [5.41, 5.74) is 1.77. The first-order valence-corrected chi connectivity index (χ1v) is 5.29. The molecule has 1 amide bonds. The van der Waals surface area contributed by atoms with Crippen molar-refractivity contribution in [3.8, 4) is 0 Å². The molecule has 0 spiro atoms. The molecule has 5 nitrogen and oxygen atoms in total. The highest BCUT2D eigenvalue weighted by Gasteiger charge is 2.54. The molecule has 0 fully saturated rings. The Kier molecular flexibility index (Phi) is 5.15. The van der Waals surface area contributed by atoms with Crippen molar-refractivity contribution in [1.82, 2.24) is 5.32 Å². The lowest BCUT2D eigenvalue weighted by molar-refractivity contribution is -0.188. The van der Waals surface area contributed by atoms with Crippen LogP contribution in [0.1, 0.15) is 27.2 Å². The second-order valence-corrected chi connectivity index (χ2v) is 4.69. The first kappa shape index (κ1) is 16.7. The van der Waals surface area contributed by atoms with E-state index in [-0.39, 0.29) is 12.3 Å². The third-order valence-electron chi connectivity index (χ3n) is 2.37. The van der Waals surface area contributed by atoms with Crippen molar-refractivity contribution in [3.63, 3.8) is 0 Å². The molecule has 4 N–H and O–H groups in total.